The predicted octanol–water partition coefficient (Wildman–Crippen LogP) is 2.21. The lowest BCUT2D eigenvalue weighted by Gasteiger charge is -2.07. The molecule has 0 saturated heterocycles. The van der Waals surface area contributed by atoms with Crippen LogP contribution < -0.4 is 5.32 Å². The molecule has 0 heterocycles. The van der Waals surface area contributed by atoms with Crippen LogP contribution in [0.15, 0.2) is 12.2 Å². The molecule has 0 aliphatic rings. The molecule has 0 rings (SSSR count). The smallest absolute Gasteiger partial charge is 0.332 e. The van der Waals surface area contributed by atoms with Crippen LogP contribution >= 0.6 is 0 Å². The van der Waals surface area contributed by atoms with Crippen molar-refractivity contribution in [2.45, 2.75) is 46.0 Å². The van der Waals surface area contributed by atoms with Crippen molar-refractivity contribution in [2.24, 2.45) is 0 Å². The Kier molecular flexibility index (Phi) is 11.8. The zero-order valence-corrected chi connectivity index (χ0v) is 12.7. The van der Waals surface area contributed by atoms with E-state index in [4.69, 9.17) is 9.47 Å². The van der Waals surface area contributed by atoms with E-state index in [1.807, 2.05) is 13.8 Å². The number of unbranched alkanes of at least 4 members (excludes halogenated alkanes) is 2. The van der Waals surface area contributed by atoms with Crippen molar-refractivity contribution in [2.75, 3.05) is 26.4 Å². The molecule has 0 atom stereocenters. The Labute approximate surface area is 121 Å². The SMILES string of the molecule is C=C(CC)C(=O)NCCCCOCC(=O)OCCCC. The van der Waals surface area contributed by atoms with E-state index < -0.39 is 0 Å². The van der Waals surface area contributed by atoms with Gasteiger partial charge in [-0.3, -0.25) is 4.79 Å². The van der Waals surface area contributed by atoms with E-state index in [9.17, 15) is 9.59 Å². The average molecular weight is 285 g/mol. The second-order valence-corrected chi connectivity index (χ2v) is 4.55. The molecule has 116 valence electrons. The fraction of sp³-hybridized carbons (Fsp3) is 0.733. The van der Waals surface area contributed by atoms with Crippen LogP contribution in [0.25, 0.3) is 0 Å². The Bertz CT molecular complexity index is 302. The highest BCUT2D eigenvalue weighted by molar-refractivity contribution is 5.92. The van der Waals surface area contributed by atoms with Crippen molar-refractivity contribution in [3.8, 4) is 0 Å². The maximum Gasteiger partial charge on any atom is 0.332 e. The fourth-order valence-corrected chi connectivity index (χ4v) is 1.34. The highest BCUT2D eigenvalue weighted by atomic mass is 16.6. The van der Waals surface area contributed by atoms with Crippen LogP contribution in [0.4, 0.5) is 0 Å². The first-order valence-electron chi connectivity index (χ1n) is 7.31. The van der Waals surface area contributed by atoms with Crippen LogP contribution in [0.3, 0.4) is 0 Å². The summed E-state index contributed by atoms with van der Waals surface area (Å²) in [6, 6.07) is 0. The fourth-order valence-electron chi connectivity index (χ4n) is 1.34. The van der Waals surface area contributed by atoms with Gasteiger partial charge in [-0.25, -0.2) is 4.79 Å². The maximum absolute atomic E-state index is 11.4. The molecule has 0 aromatic carbocycles. The molecule has 0 radical (unpaired) electrons. The molecular formula is C15H27NO4. The van der Waals surface area contributed by atoms with Crippen LogP contribution in [-0.2, 0) is 19.1 Å². The summed E-state index contributed by atoms with van der Waals surface area (Å²) in [5.41, 5.74) is 0.594. The Hall–Kier alpha value is -1.36. The molecular weight excluding hydrogens is 258 g/mol. The summed E-state index contributed by atoms with van der Waals surface area (Å²) in [4.78, 5) is 22.6. The van der Waals surface area contributed by atoms with Gasteiger partial charge in [-0.2, -0.15) is 0 Å². The molecule has 1 N–H and O–H groups in total. The van der Waals surface area contributed by atoms with Crippen LogP contribution in [-0.4, -0.2) is 38.2 Å². The maximum atomic E-state index is 11.4. The van der Waals surface area contributed by atoms with Gasteiger partial charge in [0.2, 0.25) is 5.91 Å². The number of amides is 1. The summed E-state index contributed by atoms with van der Waals surface area (Å²) in [6.07, 6.45) is 4.16. The molecule has 0 aliphatic carbocycles. The lowest BCUT2D eigenvalue weighted by molar-refractivity contribution is -0.149. The van der Waals surface area contributed by atoms with Crippen molar-refractivity contribution in [3.05, 3.63) is 12.2 Å². The first-order valence-corrected chi connectivity index (χ1v) is 7.31. The van der Waals surface area contributed by atoms with Gasteiger partial charge < -0.3 is 14.8 Å². The van der Waals surface area contributed by atoms with E-state index in [0.717, 1.165) is 25.7 Å². The third-order valence-electron chi connectivity index (χ3n) is 2.73. The number of carbonyl (C=O) groups is 2. The number of hydrogen-bond donors (Lipinski definition) is 1. The van der Waals surface area contributed by atoms with Crippen LogP contribution in [0.1, 0.15) is 46.0 Å². The van der Waals surface area contributed by atoms with E-state index in [2.05, 4.69) is 11.9 Å². The molecule has 0 bridgehead atoms. The van der Waals surface area contributed by atoms with Crippen molar-refractivity contribution in [3.63, 3.8) is 0 Å². The van der Waals surface area contributed by atoms with Gasteiger partial charge in [-0.15, -0.1) is 0 Å². The average Bonchev–Trinajstić information content (AvgIpc) is 2.45. The van der Waals surface area contributed by atoms with Gasteiger partial charge in [-0.1, -0.05) is 26.8 Å². The number of esters is 1. The number of nitrogens with one attached hydrogen (secondary N) is 1. The minimum absolute atomic E-state index is 0.00269. The normalized spacial score (nSPS) is 10.1. The summed E-state index contributed by atoms with van der Waals surface area (Å²) in [6.45, 7) is 9.16. The van der Waals surface area contributed by atoms with Crippen LogP contribution in [0, 0.1) is 0 Å². The lowest BCUT2D eigenvalue weighted by Crippen LogP contribution is -2.25. The molecule has 5 nitrogen and oxygen atoms in total. The third-order valence-corrected chi connectivity index (χ3v) is 2.73. The highest BCUT2D eigenvalue weighted by Crippen LogP contribution is 1.96. The molecule has 0 aromatic heterocycles. The summed E-state index contributed by atoms with van der Waals surface area (Å²) in [5, 5.41) is 2.78. The molecule has 5 heteroatoms. The van der Waals surface area contributed by atoms with Gasteiger partial charge in [0.1, 0.15) is 6.61 Å². The van der Waals surface area contributed by atoms with Crippen molar-refractivity contribution >= 4 is 11.9 Å². The largest absolute Gasteiger partial charge is 0.464 e. The van der Waals surface area contributed by atoms with E-state index >= 15 is 0 Å². The first-order chi connectivity index (χ1) is 9.61. The van der Waals surface area contributed by atoms with Gasteiger partial charge in [-0.05, 0) is 25.7 Å². The van der Waals surface area contributed by atoms with Crippen molar-refractivity contribution < 1.29 is 19.1 Å². The monoisotopic (exact) mass is 285 g/mol. The molecule has 0 fully saturated rings. The molecule has 0 saturated carbocycles. The zero-order chi connectivity index (χ0) is 15.2. The van der Waals surface area contributed by atoms with Crippen molar-refractivity contribution in [1.29, 1.82) is 0 Å². The van der Waals surface area contributed by atoms with Crippen LogP contribution in [0.5, 0.6) is 0 Å². The highest BCUT2D eigenvalue weighted by Gasteiger charge is 2.04. The van der Waals surface area contributed by atoms with E-state index in [1.54, 1.807) is 0 Å². The summed E-state index contributed by atoms with van der Waals surface area (Å²) >= 11 is 0. The summed E-state index contributed by atoms with van der Waals surface area (Å²) in [7, 11) is 0. The van der Waals surface area contributed by atoms with E-state index in [0.29, 0.717) is 31.8 Å². The van der Waals surface area contributed by atoms with E-state index in [-0.39, 0.29) is 18.5 Å². The quantitative estimate of drug-likeness (QED) is 0.339. The Balaban J connectivity index is 3.34. The third kappa shape index (κ3) is 10.6. The van der Waals surface area contributed by atoms with Gasteiger partial charge in [0, 0.05) is 18.7 Å². The number of carbonyl (C=O) groups excluding carboxylic acids is 2. The standard InChI is InChI=1S/C15H27NO4/c1-4-6-11-20-14(17)12-19-10-8-7-9-16-15(18)13(3)5-2/h3-12H2,1-2H3,(H,16,18). The second kappa shape index (κ2) is 12.7. The Morgan fingerprint density at radius 2 is 1.85 bits per heavy atom. The van der Waals surface area contributed by atoms with Gasteiger partial charge >= 0.3 is 5.97 Å². The molecule has 0 aromatic rings. The molecule has 0 spiro atoms. The molecule has 1 amide bonds. The summed E-state index contributed by atoms with van der Waals surface area (Å²) < 4.78 is 10.1. The Morgan fingerprint density at radius 3 is 2.50 bits per heavy atom. The number of ether oxygens (including phenoxy) is 2. The molecule has 0 unspecified atom stereocenters. The van der Waals surface area contributed by atoms with Crippen molar-refractivity contribution in [1.82, 2.24) is 5.32 Å². The molecule has 0 aliphatic heterocycles. The first kappa shape index (κ1) is 18.6. The number of rotatable bonds is 12. The van der Waals surface area contributed by atoms with Gasteiger partial charge in [0.25, 0.3) is 0 Å². The van der Waals surface area contributed by atoms with Crippen LogP contribution in [0.2, 0.25) is 0 Å². The van der Waals surface area contributed by atoms with E-state index in [1.165, 1.54) is 0 Å². The lowest BCUT2D eigenvalue weighted by atomic mass is 10.2. The van der Waals surface area contributed by atoms with Gasteiger partial charge in [0.15, 0.2) is 0 Å². The minimum Gasteiger partial charge on any atom is -0.464 e. The second-order valence-electron chi connectivity index (χ2n) is 4.55. The zero-order valence-electron chi connectivity index (χ0n) is 12.7. The predicted molar refractivity (Wildman–Crippen MR) is 78.4 cm³/mol. The van der Waals surface area contributed by atoms with Gasteiger partial charge in [0.05, 0.1) is 6.61 Å². The Morgan fingerprint density at radius 1 is 1.10 bits per heavy atom. The molecule has 20 heavy (non-hydrogen) atoms. The topological polar surface area (TPSA) is 64.6 Å². The number of hydrogen-bond acceptors (Lipinski definition) is 4. The summed E-state index contributed by atoms with van der Waals surface area (Å²) in [5.74, 6) is -0.404. The minimum atomic E-state index is -0.314.